The zero-order valence-electron chi connectivity index (χ0n) is 7.94. The van der Waals surface area contributed by atoms with Crippen molar-refractivity contribution in [1.82, 2.24) is 5.32 Å². The maximum absolute atomic E-state index is 11.2. The van der Waals surface area contributed by atoms with E-state index < -0.39 is 9.84 Å². The third-order valence-electron chi connectivity index (χ3n) is 1.75. The van der Waals surface area contributed by atoms with Gasteiger partial charge in [-0.3, -0.25) is 4.79 Å². The molecule has 0 aliphatic carbocycles. The van der Waals surface area contributed by atoms with Crippen LogP contribution in [0.1, 0.15) is 11.8 Å². The molecule has 78 valence electrons. The summed E-state index contributed by atoms with van der Waals surface area (Å²) in [5, 5.41) is 2.43. The molecule has 0 atom stereocenters. The van der Waals surface area contributed by atoms with Gasteiger partial charge in [0.1, 0.15) is 0 Å². The molecule has 5 heteroatoms. The smallest absolute Gasteiger partial charge is 0.251 e. The zero-order chi connectivity index (χ0) is 10.8. The molecule has 0 heterocycles. The minimum atomic E-state index is -3.25. The number of benzene rings is 1. The van der Waals surface area contributed by atoms with E-state index in [-0.39, 0.29) is 12.2 Å². The number of hydrogen-bond donors (Lipinski definition) is 1. The van der Waals surface area contributed by atoms with E-state index in [0.717, 1.165) is 6.26 Å². The number of rotatable bonds is 2. The molecule has 1 aromatic rings. The van der Waals surface area contributed by atoms with Crippen molar-refractivity contribution in [3.05, 3.63) is 29.8 Å². The number of amides is 1. The van der Waals surface area contributed by atoms with Gasteiger partial charge in [-0.25, -0.2) is 8.42 Å². The van der Waals surface area contributed by atoms with Crippen LogP contribution in [0.2, 0.25) is 0 Å². The van der Waals surface area contributed by atoms with E-state index in [0.29, 0.717) is 5.56 Å². The Labute approximate surface area is 84.3 Å². The SMILES string of the molecule is CNC(=O)c1cccc(S(C)(=O)=O)c1.[HH]. The summed E-state index contributed by atoms with van der Waals surface area (Å²) < 4.78 is 22.3. The van der Waals surface area contributed by atoms with Gasteiger partial charge in [-0.15, -0.1) is 0 Å². The quantitative estimate of drug-likeness (QED) is 0.789. The Hall–Kier alpha value is -1.36. The van der Waals surface area contributed by atoms with Gasteiger partial charge in [0.2, 0.25) is 0 Å². The van der Waals surface area contributed by atoms with Crippen LogP contribution in [0.3, 0.4) is 0 Å². The third-order valence-corrected chi connectivity index (χ3v) is 2.86. The maximum atomic E-state index is 11.2. The van der Waals surface area contributed by atoms with E-state index in [4.69, 9.17) is 0 Å². The lowest BCUT2D eigenvalue weighted by molar-refractivity contribution is 0.0963. The van der Waals surface area contributed by atoms with Crippen LogP contribution in [0.15, 0.2) is 29.2 Å². The van der Waals surface area contributed by atoms with Crippen LogP contribution in [-0.4, -0.2) is 27.6 Å². The fourth-order valence-corrected chi connectivity index (χ4v) is 1.68. The normalized spacial score (nSPS) is 11.0. The lowest BCUT2D eigenvalue weighted by atomic mass is 10.2. The minimum Gasteiger partial charge on any atom is -0.355 e. The summed E-state index contributed by atoms with van der Waals surface area (Å²) >= 11 is 0. The number of nitrogens with one attached hydrogen (secondary N) is 1. The molecule has 1 N–H and O–H groups in total. The second kappa shape index (κ2) is 3.79. The minimum absolute atomic E-state index is 0. The fourth-order valence-electron chi connectivity index (χ4n) is 1.01. The van der Waals surface area contributed by atoms with E-state index in [1.165, 1.54) is 19.2 Å². The highest BCUT2D eigenvalue weighted by Gasteiger charge is 2.09. The highest BCUT2D eigenvalue weighted by Crippen LogP contribution is 2.10. The predicted octanol–water partition coefficient (Wildman–Crippen LogP) is 0.696. The van der Waals surface area contributed by atoms with Gasteiger partial charge in [-0.05, 0) is 18.2 Å². The van der Waals surface area contributed by atoms with Gasteiger partial charge >= 0.3 is 0 Å². The molecule has 0 fully saturated rings. The van der Waals surface area contributed by atoms with Crippen molar-refractivity contribution in [2.45, 2.75) is 4.90 Å². The molecule has 14 heavy (non-hydrogen) atoms. The second-order valence-electron chi connectivity index (χ2n) is 2.88. The molecular weight excluding hydrogens is 202 g/mol. The monoisotopic (exact) mass is 215 g/mol. The Balaban J connectivity index is 0.00000196. The molecule has 0 saturated carbocycles. The zero-order valence-corrected chi connectivity index (χ0v) is 8.76. The number of carbonyl (C=O) groups is 1. The lowest BCUT2D eigenvalue weighted by Crippen LogP contribution is -2.18. The topological polar surface area (TPSA) is 63.2 Å². The van der Waals surface area contributed by atoms with Crippen LogP contribution in [0, 0.1) is 0 Å². The summed E-state index contributed by atoms with van der Waals surface area (Å²) in [5.74, 6) is -0.296. The van der Waals surface area contributed by atoms with E-state index >= 15 is 0 Å². The van der Waals surface area contributed by atoms with Crippen molar-refractivity contribution in [3.8, 4) is 0 Å². The van der Waals surface area contributed by atoms with Gasteiger partial charge < -0.3 is 5.32 Å². The average Bonchev–Trinajstić information content (AvgIpc) is 2.15. The summed E-state index contributed by atoms with van der Waals surface area (Å²) in [6.07, 6.45) is 1.11. The second-order valence-corrected chi connectivity index (χ2v) is 4.89. The highest BCUT2D eigenvalue weighted by atomic mass is 32.2. The van der Waals surface area contributed by atoms with Gasteiger partial charge in [-0.2, -0.15) is 0 Å². The molecule has 1 amide bonds. The summed E-state index contributed by atoms with van der Waals surface area (Å²) in [7, 11) is -1.75. The van der Waals surface area contributed by atoms with E-state index in [1.54, 1.807) is 12.1 Å². The van der Waals surface area contributed by atoms with Crippen molar-refractivity contribution < 1.29 is 14.6 Å². The molecule has 1 aromatic carbocycles. The standard InChI is InChI=1S/C9H11NO3S.H2/c1-10-9(11)7-4-3-5-8(6-7)14(2,12)13;/h3-6H,1-2H3,(H,10,11);1H. The summed E-state index contributed by atoms with van der Waals surface area (Å²) in [6, 6.07) is 5.92. The highest BCUT2D eigenvalue weighted by molar-refractivity contribution is 7.90. The van der Waals surface area contributed by atoms with Crippen molar-refractivity contribution in [2.75, 3.05) is 13.3 Å². The van der Waals surface area contributed by atoms with Crippen LogP contribution in [-0.2, 0) is 9.84 Å². The Kier molecular flexibility index (Phi) is 2.90. The fraction of sp³-hybridized carbons (Fsp3) is 0.222. The van der Waals surface area contributed by atoms with Crippen LogP contribution in [0.4, 0.5) is 0 Å². The Morgan fingerprint density at radius 1 is 1.43 bits per heavy atom. The molecule has 0 radical (unpaired) electrons. The maximum Gasteiger partial charge on any atom is 0.251 e. The van der Waals surface area contributed by atoms with Crippen molar-refractivity contribution in [1.29, 1.82) is 0 Å². The summed E-state index contributed by atoms with van der Waals surface area (Å²) in [6.45, 7) is 0. The Morgan fingerprint density at radius 3 is 2.57 bits per heavy atom. The van der Waals surface area contributed by atoms with Crippen molar-refractivity contribution >= 4 is 15.7 Å². The van der Waals surface area contributed by atoms with Gasteiger partial charge in [-0.1, -0.05) is 6.07 Å². The van der Waals surface area contributed by atoms with Crippen LogP contribution >= 0.6 is 0 Å². The molecule has 0 aromatic heterocycles. The largest absolute Gasteiger partial charge is 0.355 e. The first kappa shape index (κ1) is 10.7. The Morgan fingerprint density at radius 2 is 2.07 bits per heavy atom. The van der Waals surface area contributed by atoms with Crippen LogP contribution < -0.4 is 5.32 Å². The van der Waals surface area contributed by atoms with Crippen LogP contribution in [0.5, 0.6) is 0 Å². The van der Waals surface area contributed by atoms with Crippen LogP contribution in [0.25, 0.3) is 0 Å². The van der Waals surface area contributed by atoms with E-state index in [2.05, 4.69) is 5.32 Å². The molecule has 0 aliphatic heterocycles. The van der Waals surface area contributed by atoms with Crippen molar-refractivity contribution in [3.63, 3.8) is 0 Å². The third kappa shape index (κ3) is 2.32. The molecular formula is C9H13NO3S. The summed E-state index contributed by atoms with van der Waals surface area (Å²) in [5.41, 5.74) is 0.343. The van der Waals surface area contributed by atoms with Gasteiger partial charge in [0.15, 0.2) is 9.84 Å². The molecule has 0 aliphatic rings. The van der Waals surface area contributed by atoms with E-state index in [1.807, 2.05) is 0 Å². The molecule has 1 rings (SSSR count). The molecule has 0 spiro atoms. The number of sulfone groups is 1. The van der Waals surface area contributed by atoms with Gasteiger partial charge in [0.25, 0.3) is 5.91 Å². The average molecular weight is 215 g/mol. The van der Waals surface area contributed by atoms with E-state index in [9.17, 15) is 13.2 Å². The predicted molar refractivity (Wildman–Crippen MR) is 55.1 cm³/mol. The van der Waals surface area contributed by atoms with Gasteiger partial charge in [0, 0.05) is 20.3 Å². The first-order chi connectivity index (χ1) is 6.45. The van der Waals surface area contributed by atoms with Gasteiger partial charge in [0.05, 0.1) is 4.90 Å². The first-order valence-electron chi connectivity index (χ1n) is 3.97. The molecule has 4 nitrogen and oxygen atoms in total. The number of hydrogen-bond acceptors (Lipinski definition) is 3. The number of carbonyl (C=O) groups excluding carboxylic acids is 1. The lowest BCUT2D eigenvalue weighted by Gasteiger charge is -2.01. The summed E-state index contributed by atoms with van der Waals surface area (Å²) in [4.78, 5) is 11.3. The Bertz CT molecular complexity index is 456. The van der Waals surface area contributed by atoms with Crippen molar-refractivity contribution in [2.24, 2.45) is 0 Å². The molecule has 0 saturated heterocycles. The first-order valence-corrected chi connectivity index (χ1v) is 5.86. The molecule has 0 unspecified atom stereocenters. The molecule has 0 bridgehead atoms.